The minimum absolute atomic E-state index is 0.0434. The van der Waals surface area contributed by atoms with Gasteiger partial charge in [0.1, 0.15) is 5.76 Å². The molecule has 2 unspecified atom stereocenters. The Labute approximate surface area is 185 Å². The normalized spacial score (nSPS) is 14.4. The fourth-order valence-electron chi connectivity index (χ4n) is 3.83. The second-order valence-electron chi connectivity index (χ2n) is 7.59. The second-order valence-corrected chi connectivity index (χ2v) is 9.16. The minimum Gasteiger partial charge on any atom is -0.468 e. The van der Waals surface area contributed by atoms with E-state index in [9.17, 15) is 22.5 Å². The highest BCUT2D eigenvalue weighted by atomic mass is 32.2. The number of aromatic nitrogens is 1. The number of halogens is 3. The zero-order chi connectivity index (χ0) is 22.7. The Bertz CT molecular complexity index is 1150. The number of furan rings is 1. The molecular formula is C23H23F3N2O3S. The second kappa shape index (κ2) is 9.48. The van der Waals surface area contributed by atoms with Gasteiger partial charge in [0.25, 0.3) is 0 Å². The van der Waals surface area contributed by atoms with Crippen LogP contribution in [0.5, 0.6) is 0 Å². The molecule has 9 heteroatoms. The summed E-state index contributed by atoms with van der Waals surface area (Å²) in [5.41, 5.74) is 1.90. The topological polar surface area (TPSA) is 58.6 Å². The van der Waals surface area contributed by atoms with Crippen molar-refractivity contribution in [2.75, 3.05) is 12.3 Å². The summed E-state index contributed by atoms with van der Waals surface area (Å²) in [5, 5.41) is 13.0. The van der Waals surface area contributed by atoms with Crippen molar-refractivity contribution in [1.82, 2.24) is 8.87 Å². The molecule has 170 valence electrons. The molecule has 0 amide bonds. The van der Waals surface area contributed by atoms with Crippen LogP contribution >= 0.6 is 0 Å². The highest BCUT2D eigenvalue weighted by molar-refractivity contribution is 7.82. The highest BCUT2D eigenvalue weighted by Gasteiger charge is 2.30. The lowest BCUT2D eigenvalue weighted by Gasteiger charge is -2.24. The van der Waals surface area contributed by atoms with Crippen LogP contribution in [0.25, 0.3) is 21.8 Å². The molecule has 0 bridgehead atoms. The number of nitrogens with zero attached hydrogens (tertiary/aromatic N) is 2. The third kappa shape index (κ3) is 5.23. The first kappa shape index (κ1) is 22.6. The maximum absolute atomic E-state index is 12.7. The van der Waals surface area contributed by atoms with Gasteiger partial charge in [0, 0.05) is 34.1 Å². The molecule has 0 saturated heterocycles. The fraction of sp³-hybridized carbons (Fsp3) is 0.304. The Kier molecular flexibility index (Phi) is 6.68. The summed E-state index contributed by atoms with van der Waals surface area (Å²) in [6.45, 7) is 0.187. The molecule has 2 aromatic carbocycles. The predicted molar refractivity (Wildman–Crippen MR) is 118 cm³/mol. The quantitative estimate of drug-likeness (QED) is 0.385. The Hall–Kier alpha value is -2.62. The fourth-order valence-corrected chi connectivity index (χ4v) is 5.11. The largest absolute Gasteiger partial charge is 0.468 e. The highest BCUT2D eigenvalue weighted by Crippen LogP contribution is 2.29. The van der Waals surface area contributed by atoms with Crippen LogP contribution in [-0.4, -0.2) is 42.8 Å². The van der Waals surface area contributed by atoms with Crippen LogP contribution in [0.2, 0.25) is 0 Å². The number of benzene rings is 2. The van der Waals surface area contributed by atoms with E-state index in [-0.39, 0.29) is 19.6 Å². The lowest BCUT2D eigenvalue weighted by atomic mass is 10.2. The van der Waals surface area contributed by atoms with Gasteiger partial charge in [-0.3, -0.25) is 0 Å². The van der Waals surface area contributed by atoms with Crippen LogP contribution in [0, 0.1) is 0 Å². The molecule has 2 atom stereocenters. The van der Waals surface area contributed by atoms with Gasteiger partial charge in [-0.05, 0) is 24.3 Å². The predicted octanol–water partition coefficient (Wildman–Crippen LogP) is 4.87. The Balaban J connectivity index is 1.55. The van der Waals surface area contributed by atoms with E-state index in [1.54, 1.807) is 12.1 Å². The third-order valence-electron chi connectivity index (χ3n) is 5.25. The number of hydrogen-bond acceptors (Lipinski definition) is 3. The summed E-state index contributed by atoms with van der Waals surface area (Å²) in [4.78, 5) is 0. The van der Waals surface area contributed by atoms with Gasteiger partial charge in [-0.1, -0.05) is 36.4 Å². The number of aliphatic hydroxyl groups is 1. The summed E-state index contributed by atoms with van der Waals surface area (Å²) < 4.78 is 59.2. The molecule has 1 N–H and O–H groups in total. The van der Waals surface area contributed by atoms with Crippen molar-refractivity contribution in [3.8, 4) is 0 Å². The number of para-hydroxylation sites is 2. The van der Waals surface area contributed by atoms with Crippen LogP contribution in [0.15, 0.2) is 71.3 Å². The number of hydrogen-bond donors (Lipinski definition) is 1. The van der Waals surface area contributed by atoms with Crippen molar-refractivity contribution in [3.05, 3.63) is 72.7 Å². The lowest BCUT2D eigenvalue weighted by Crippen LogP contribution is -2.37. The zero-order valence-electron chi connectivity index (χ0n) is 17.2. The smallest absolute Gasteiger partial charge is 0.390 e. The van der Waals surface area contributed by atoms with E-state index in [1.807, 2.05) is 53.1 Å². The molecule has 4 aromatic rings. The van der Waals surface area contributed by atoms with Crippen molar-refractivity contribution in [1.29, 1.82) is 0 Å². The molecule has 0 aliphatic rings. The molecule has 2 aromatic heterocycles. The third-order valence-corrected chi connectivity index (χ3v) is 6.66. The van der Waals surface area contributed by atoms with Gasteiger partial charge < -0.3 is 14.1 Å². The van der Waals surface area contributed by atoms with Gasteiger partial charge >= 0.3 is 6.18 Å². The summed E-state index contributed by atoms with van der Waals surface area (Å²) in [6, 6.07) is 19.0. The van der Waals surface area contributed by atoms with E-state index in [0.29, 0.717) is 5.76 Å². The van der Waals surface area contributed by atoms with Crippen LogP contribution in [0.3, 0.4) is 0 Å². The van der Waals surface area contributed by atoms with Crippen LogP contribution in [0.4, 0.5) is 13.2 Å². The Morgan fingerprint density at radius 2 is 1.62 bits per heavy atom. The Morgan fingerprint density at radius 1 is 1.00 bits per heavy atom. The monoisotopic (exact) mass is 464 g/mol. The number of fused-ring (bicyclic) bond motifs is 3. The van der Waals surface area contributed by atoms with Gasteiger partial charge in [-0.25, -0.2) is 8.51 Å². The van der Waals surface area contributed by atoms with Crippen molar-refractivity contribution in [2.45, 2.75) is 31.8 Å². The number of alkyl halides is 3. The van der Waals surface area contributed by atoms with Gasteiger partial charge in [-0.2, -0.15) is 13.2 Å². The van der Waals surface area contributed by atoms with Gasteiger partial charge in [0.2, 0.25) is 0 Å². The van der Waals surface area contributed by atoms with Crippen molar-refractivity contribution >= 4 is 32.8 Å². The molecule has 2 heterocycles. The average molecular weight is 465 g/mol. The Morgan fingerprint density at radius 3 is 2.19 bits per heavy atom. The molecule has 0 aliphatic carbocycles. The average Bonchev–Trinajstić information content (AvgIpc) is 3.38. The summed E-state index contributed by atoms with van der Waals surface area (Å²) in [6.07, 6.45) is -5.06. The molecule has 0 spiro atoms. The zero-order valence-corrected chi connectivity index (χ0v) is 18.0. The van der Waals surface area contributed by atoms with E-state index < -0.39 is 35.4 Å². The van der Waals surface area contributed by atoms with E-state index in [4.69, 9.17) is 4.42 Å². The van der Waals surface area contributed by atoms with Crippen molar-refractivity contribution in [3.63, 3.8) is 0 Å². The maximum Gasteiger partial charge on any atom is 0.390 e. The molecular weight excluding hydrogens is 441 g/mol. The van der Waals surface area contributed by atoms with Crippen molar-refractivity contribution in [2.24, 2.45) is 0 Å². The first-order valence-corrected chi connectivity index (χ1v) is 11.5. The van der Waals surface area contributed by atoms with E-state index in [2.05, 4.69) is 0 Å². The molecule has 0 radical (unpaired) electrons. The lowest BCUT2D eigenvalue weighted by molar-refractivity contribution is -0.129. The number of aliphatic hydroxyl groups excluding tert-OH is 1. The van der Waals surface area contributed by atoms with Gasteiger partial charge in [0.05, 0.1) is 42.9 Å². The van der Waals surface area contributed by atoms with Crippen LogP contribution in [-0.2, 0) is 24.1 Å². The molecule has 0 fully saturated rings. The first-order chi connectivity index (χ1) is 15.3. The standard InChI is InChI=1S/C23H23F3N2O3S/c24-23(25,26)11-13-32(30)27(16-18-6-5-12-31-18)14-17(29)15-28-21-9-3-1-7-19(21)20-8-2-4-10-22(20)28/h1-10,12,17,29H,11,13-16H2. The molecule has 32 heavy (non-hydrogen) atoms. The molecule has 0 saturated carbocycles. The minimum atomic E-state index is -4.40. The maximum atomic E-state index is 12.7. The summed E-state index contributed by atoms with van der Waals surface area (Å²) in [7, 11) is -1.93. The molecule has 0 aliphatic heterocycles. The van der Waals surface area contributed by atoms with Crippen LogP contribution in [0.1, 0.15) is 12.2 Å². The SMILES string of the molecule is O=S(CCC(F)(F)F)N(Cc1ccco1)CC(O)Cn1c2ccccc2c2ccccc21. The first-order valence-electron chi connectivity index (χ1n) is 10.2. The van der Waals surface area contributed by atoms with Crippen molar-refractivity contribution < 1.29 is 26.9 Å². The van der Waals surface area contributed by atoms with E-state index in [0.717, 1.165) is 21.8 Å². The van der Waals surface area contributed by atoms with Crippen LogP contribution < -0.4 is 0 Å². The molecule has 4 rings (SSSR count). The van der Waals surface area contributed by atoms with E-state index >= 15 is 0 Å². The molecule has 5 nitrogen and oxygen atoms in total. The summed E-state index contributed by atoms with van der Waals surface area (Å²) in [5.74, 6) is -0.0961. The number of rotatable bonds is 9. The summed E-state index contributed by atoms with van der Waals surface area (Å²) >= 11 is 0. The van der Waals surface area contributed by atoms with Gasteiger partial charge in [-0.15, -0.1) is 0 Å². The van der Waals surface area contributed by atoms with Gasteiger partial charge in [0.15, 0.2) is 0 Å². The van der Waals surface area contributed by atoms with E-state index in [1.165, 1.54) is 10.6 Å².